The lowest BCUT2D eigenvalue weighted by molar-refractivity contribution is 0.996. The van der Waals surface area contributed by atoms with Crippen molar-refractivity contribution in [3.63, 3.8) is 0 Å². The zero-order chi connectivity index (χ0) is 7.28. The molecule has 2 nitrogen and oxygen atoms in total. The molecule has 0 amide bonds. The van der Waals surface area contributed by atoms with E-state index < -0.39 is 0 Å². The summed E-state index contributed by atoms with van der Waals surface area (Å²) in [6.07, 6.45) is 0. The summed E-state index contributed by atoms with van der Waals surface area (Å²) < 4.78 is 1.01. The number of thiocarbonyl (C=S) groups is 2. The highest BCUT2D eigenvalue weighted by Crippen LogP contribution is 1.99. The first-order chi connectivity index (χ1) is 4.16. The van der Waals surface area contributed by atoms with Gasteiger partial charge in [0, 0.05) is 6.54 Å². The Morgan fingerprint density at radius 1 is 1.67 bits per heavy atom. The van der Waals surface area contributed by atoms with Gasteiger partial charge in [0.15, 0.2) is 0 Å². The van der Waals surface area contributed by atoms with Crippen LogP contribution in [0.2, 0.25) is 0 Å². The van der Waals surface area contributed by atoms with Gasteiger partial charge in [0.1, 0.15) is 8.64 Å². The van der Waals surface area contributed by atoms with E-state index in [0.29, 0.717) is 8.64 Å². The molecule has 0 unspecified atom stereocenters. The Balaban J connectivity index is 3.39. The van der Waals surface area contributed by atoms with Gasteiger partial charge in [-0.05, 0) is 18.7 Å². The second-order valence-corrected chi connectivity index (χ2v) is 3.66. The Kier molecular flexibility index (Phi) is 5.03. The maximum Gasteiger partial charge on any atom is 0.140 e. The molecule has 0 saturated heterocycles. The van der Waals surface area contributed by atoms with Crippen molar-refractivity contribution in [2.24, 2.45) is 5.73 Å². The van der Waals surface area contributed by atoms with E-state index in [0.717, 1.165) is 6.54 Å². The minimum absolute atomic E-state index is 0.362. The van der Waals surface area contributed by atoms with Gasteiger partial charge in [-0.25, -0.2) is 0 Å². The van der Waals surface area contributed by atoms with Crippen molar-refractivity contribution in [3.8, 4) is 0 Å². The molecular formula is C4H8N2S3. The van der Waals surface area contributed by atoms with Crippen molar-refractivity contribution in [1.82, 2.24) is 5.32 Å². The molecule has 0 aliphatic heterocycles. The second-order valence-electron chi connectivity index (χ2n) is 1.24. The van der Waals surface area contributed by atoms with Gasteiger partial charge in [-0.1, -0.05) is 24.4 Å². The zero-order valence-corrected chi connectivity index (χ0v) is 7.46. The highest BCUT2D eigenvalue weighted by Gasteiger charge is 1.94. The summed E-state index contributed by atoms with van der Waals surface area (Å²) in [5, 5.41) is 2.90. The van der Waals surface area contributed by atoms with Crippen LogP contribution >= 0.6 is 36.2 Å². The van der Waals surface area contributed by atoms with Crippen molar-refractivity contribution in [2.75, 3.05) is 6.54 Å². The average molecular weight is 180 g/mol. The highest BCUT2D eigenvalue weighted by atomic mass is 32.2. The van der Waals surface area contributed by atoms with Crippen LogP contribution in [-0.2, 0) is 0 Å². The van der Waals surface area contributed by atoms with E-state index >= 15 is 0 Å². The number of nitrogens with two attached hydrogens (primary N) is 1. The first kappa shape index (κ1) is 9.13. The van der Waals surface area contributed by atoms with Crippen LogP contribution in [0.1, 0.15) is 6.92 Å². The fourth-order valence-electron chi connectivity index (χ4n) is 0.272. The van der Waals surface area contributed by atoms with Crippen molar-refractivity contribution >= 4 is 44.8 Å². The molecule has 0 rings (SSSR count). The van der Waals surface area contributed by atoms with Crippen LogP contribution in [0.15, 0.2) is 0 Å². The van der Waals surface area contributed by atoms with Crippen molar-refractivity contribution in [2.45, 2.75) is 6.92 Å². The maximum absolute atomic E-state index is 5.19. The van der Waals surface area contributed by atoms with Crippen LogP contribution in [0.3, 0.4) is 0 Å². The molecule has 0 saturated carbocycles. The van der Waals surface area contributed by atoms with Gasteiger partial charge in [-0.3, -0.25) is 0 Å². The molecule has 3 N–H and O–H groups in total. The van der Waals surface area contributed by atoms with Gasteiger partial charge >= 0.3 is 0 Å². The predicted molar refractivity (Wildman–Crippen MR) is 50.7 cm³/mol. The number of hydrogen-bond donors (Lipinski definition) is 2. The van der Waals surface area contributed by atoms with E-state index in [1.807, 2.05) is 6.92 Å². The molecule has 0 atom stereocenters. The summed E-state index contributed by atoms with van der Waals surface area (Å²) in [4.78, 5) is 0. The predicted octanol–water partition coefficient (Wildman–Crippen LogP) is 0.858. The molecule has 0 fully saturated rings. The maximum atomic E-state index is 5.19. The van der Waals surface area contributed by atoms with Crippen LogP contribution in [0, 0.1) is 0 Å². The van der Waals surface area contributed by atoms with Crippen molar-refractivity contribution < 1.29 is 0 Å². The standard InChI is InChI=1S/C4H8N2S3/c1-2-6-4(8)9-3(5)7/h2H2,1H3,(H2,5,7)(H,6,8). The number of rotatable bonds is 1. The zero-order valence-electron chi connectivity index (χ0n) is 5.01. The van der Waals surface area contributed by atoms with Crippen molar-refractivity contribution in [3.05, 3.63) is 0 Å². The fourth-order valence-corrected chi connectivity index (χ4v) is 1.49. The van der Waals surface area contributed by atoms with Crippen molar-refractivity contribution in [1.29, 1.82) is 0 Å². The van der Waals surface area contributed by atoms with Gasteiger partial charge in [0.25, 0.3) is 0 Å². The molecule has 0 aromatic heterocycles. The first-order valence-electron chi connectivity index (χ1n) is 2.42. The summed E-state index contributed by atoms with van der Waals surface area (Å²) in [6, 6.07) is 0. The fraction of sp³-hybridized carbons (Fsp3) is 0.500. The van der Waals surface area contributed by atoms with E-state index in [1.165, 1.54) is 11.8 Å². The SMILES string of the molecule is CCNC(=S)SC(N)=S. The molecule has 5 heteroatoms. The van der Waals surface area contributed by atoms with E-state index in [4.69, 9.17) is 18.0 Å². The monoisotopic (exact) mass is 180 g/mol. The summed E-state index contributed by atoms with van der Waals surface area (Å²) >= 11 is 10.6. The molecule has 0 aromatic rings. The Hall–Kier alpha value is 0.130. The number of thioether (sulfide) groups is 1. The van der Waals surface area contributed by atoms with Crippen LogP contribution in [0.25, 0.3) is 0 Å². The van der Waals surface area contributed by atoms with E-state index in [-0.39, 0.29) is 0 Å². The normalized spacial score (nSPS) is 8.56. The summed E-state index contributed by atoms with van der Waals surface area (Å²) in [5.41, 5.74) is 5.19. The van der Waals surface area contributed by atoms with Gasteiger partial charge < -0.3 is 11.1 Å². The third-order valence-corrected chi connectivity index (χ3v) is 1.69. The second kappa shape index (κ2) is 4.96. The largest absolute Gasteiger partial charge is 0.384 e. The van der Waals surface area contributed by atoms with Crippen LogP contribution in [-0.4, -0.2) is 15.2 Å². The van der Waals surface area contributed by atoms with Gasteiger partial charge in [0.05, 0.1) is 0 Å². The van der Waals surface area contributed by atoms with Gasteiger partial charge in [-0.2, -0.15) is 0 Å². The quantitative estimate of drug-likeness (QED) is 0.585. The summed E-state index contributed by atoms with van der Waals surface area (Å²) in [6.45, 7) is 2.78. The molecule has 9 heavy (non-hydrogen) atoms. The van der Waals surface area contributed by atoms with Crippen LogP contribution in [0.5, 0.6) is 0 Å². The Bertz CT molecular complexity index is 123. The van der Waals surface area contributed by atoms with E-state index in [2.05, 4.69) is 17.5 Å². The van der Waals surface area contributed by atoms with Crippen LogP contribution < -0.4 is 11.1 Å². The van der Waals surface area contributed by atoms with E-state index in [9.17, 15) is 0 Å². The molecule has 0 aromatic carbocycles. The van der Waals surface area contributed by atoms with Crippen LogP contribution in [0.4, 0.5) is 0 Å². The molecule has 0 heterocycles. The molecule has 0 aliphatic rings. The Morgan fingerprint density at radius 3 is 2.56 bits per heavy atom. The summed E-state index contributed by atoms with van der Waals surface area (Å²) in [7, 11) is 0. The lowest BCUT2D eigenvalue weighted by Crippen LogP contribution is -2.20. The lowest BCUT2D eigenvalue weighted by Gasteiger charge is -2.00. The first-order valence-corrected chi connectivity index (χ1v) is 4.05. The molecule has 0 aliphatic carbocycles. The third kappa shape index (κ3) is 6.01. The third-order valence-electron chi connectivity index (χ3n) is 0.514. The highest BCUT2D eigenvalue weighted by molar-refractivity contribution is 8.37. The lowest BCUT2D eigenvalue weighted by atomic mass is 10.8. The molecule has 0 radical (unpaired) electrons. The molecular weight excluding hydrogens is 172 g/mol. The topological polar surface area (TPSA) is 38.0 Å². The van der Waals surface area contributed by atoms with Gasteiger partial charge in [0.2, 0.25) is 0 Å². The smallest absolute Gasteiger partial charge is 0.140 e. The minimum atomic E-state index is 0.362. The number of nitrogens with one attached hydrogen (secondary N) is 1. The molecule has 0 spiro atoms. The number of hydrogen-bond acceptors (Lipinski definition) is 3. The van der Waals surface area contributed by atoms with Gasteiger partial charge in [-0.15, -0.1) is 0 Å². The molecule has 0 bridgehead atoms. The Labute approximate surface area is 69.6 Å². The van der Waals surface area contributed by atoms with E-state index in [1.54, 1.807) is 0 Å². The Morgan fingerprint density at radius 2 is 2.22 bits per heavy atom. The summed E-state index contributed by atoms with van der Waals surface area (Å²) in [5.74, 6) is 0. The average Bonchev–Trinajstić information content (AvgIpc) is 1.63. The minimum Gasteiger partial charge on any atom is -0.384 e. The molecule has 52 valence electrons.